The van der Waals surface area contributed by atoms with Crippen molar-refractivity contribution in [3.8, 4) is 0 Å². The van der Waals surface area contributed by atoms with Gasteiger partial charge in [-0.3, -0.25) is 4.79 Å². The van der Waals surface area contributed by atoms with Crippen LogP contribution in [0.2, 0.25) is 0 Å². The molecule has 0 heterocycles. The summed E-state index contributed by atoms with van der Waals surface area (Å²) in [6.07, 6.45) is 2.04. The molecular weight excluding hydrogens is 421 g/mol. The molecule has 0 radical (unpaired) electrons. The maximum Gasteiger partial charge on any atom is 0.303 e. The van der Waals surface area contributed by atoms with Crippen LogP contribution in [0, 0.1) is 11.7 Å². The van der Waals surface area contributed by atoms with Gasteiger partial charge in [0.2, 0.25) is 0 Å². The summed E-state index contributed by atoms with van der Waals surface area (Å²) in [5, 5.41) is 22.9. The zero-order valence-corrected chi connectivity index (χ0v) is 19.8. The molecule has 33 heavy (non-hydrogen) atoms. The summed E-state index contributed by atoms with van der Waals surface area (Å²) >= 11 is 0. The van der Waals surface area contributed by atoms with Crippen LogP contribution in [0.25, 0.3) is 0 Å². The maximum absolute atomic E-state index is 14.4. The lowest BCUT2D eigenvalue weighted by molar-refractivity contribution is -0.136. The van der Waals surface area contributed by atoms with E-state index in [0.29, 0.717) is 23.6 Å². The van der Waals surface area contributed by atoms with E-state index in [2.05, 4.69) is 43.4 Å². The molecule has 0 saturated heterocycles. The second-order valence-corrected chi connectivity index (χ2v) is 9.85. The van der Waals surface area contributed by atoms with Crippen molar-refractivity contribution in [2.24, 2.45) is 5.92 Å². The third-order valence-corrected chi connectivity index (χ3v) is 6.45. The van der Waals surface area contributed by atoms with Crippen LogP contribution < -0.4 is 5.32 Å². The zero-order valence-electron chi connectivity index (χ0n) is 19.8. The minimum Gasteiger partial charge on any atom is -0.481 e. The molecular formula is C27H36FNO4. The molecule has 0 spiro atoms. The average molecular weight is 458 g/mol. The summed E-state index contributed by atoms with van der Waals surface area (Å²) in [7, 11) is 0. The molecule has 0 unspecified atom stereocenters. The number of carboxylic acid groups (broad SMARTS) is 1. The van der Waals surface area contributed by atoms with Gasteiger partial charge in [0.25, 0.3) is 0 Å². The zero-order chi connectivity index (χ0) is 24.0. The first-order valence-corrected chi connectivity index (χ1v) is 11.7. The number of β-amino-alcohol motifs (C(OH)–C–C–N with tert-alkyl or cyclic N) is 1. The summed E-state index contributed by atoms with van der Waals surface area (Å²) in [6.45, 7) is 6.47. The number of carbonyl (C=O) groups is 1. The fourth-order valence-corrected chi connectivity index (χ4v) is 4.88. The summed E-state index contributed by atoms with van der Waals surface area (Å²) in [5.41, 5.74) is 3.74. The highest BCUT2D eigenvalue weighted by molar-refractivity contribution is 5.67. The number of hydrogen-bond donors (Lipinski definition) is 3. The van der Waals surface area contributed by atoms with E-state index >= 15 is 0 Å². The van der Waals surface area contributed by atoms with Gasteiger partial charge in [0, 0.05) is 24.1 Å². The summed E-state index contributed by atoms with van der Waals surface area (Å²) in [5.74, 6) is -0.760. The Morgan fingerprint density at radius 2 is 1.85 bits per heavy atom. The lowest BCUT2D eigenvalue weighted by Crippen LogP contribution is -2.45. The van der Waals surface area contributed by atoms with Crippen LogP contribution in [0.5, 0.6) is 0 Å². The van der Waals surface area contributed by atoms with Gasteiger partial charge in [-0.05, 0) is 75.1 Å². The van der Waals surface area contributed by atoms with Gasteiger partial charge in [0.05, 0.1) is 18.8 Å². The van der Waals surface area contributed by atoms with Crippen molar-refractivity contribution in [3.05, 3.63) is 70.5 Å². The normalized spacial score (nSPS) is 15.9. The number of hydrogen-bond acceptors (Lipinski definition) is 4. The SMILES string of the molecule is C[C@@H](OC[C@@H](O)CNC(C)(C)CC1Cc2ccccc2C1)c1c(F)cccc1CCC(=O)O. The summed E-state index contributed by atoms with van der Waals surface area (Å²) in [6, 6.07) is 13.3. The molecule has 1 aliphatic carbocycles. The smallest absolute Gasteiger partial charge is 0.303 e. The number of nitrogens with one attached hydrogen (secondary N) is 1. The third kappa shape index (κ3) is 7.36. The van der Waals surface area contributed by atoms with Crippen LogP contribution in [0.4, 0.5) is 4.39 Å². The Balaban J connectivity index is 1.46. The number of halogens is 1. The highest BCUT2D eigenvalue weighted by atomic mass is 19.1. The molecule has 180 valence electrons. The van der Waals surface area contributed by atoms with Crippen LogP contribution in [-0.2, 0) is 28.8 Å². The number of aliphatic hydroxyl groups excluding tert-OH is 1. The first-order valence-electron chi connectivity index (χ1n) is 11.7. The van der Waals surface area contributed by atoms with Crippen molar-refractivity contribution >= 4 is 5.97 Å². The van der Waals surface area contributed by atoms with Crippen molar-refractivity contribution in [2.45, 2.75) is 70.6 Å². The van der Waals surface area contributed by atoms with Crippen molar-refractivity contribution < 1.29 is 24.1 Å². The molecule has 3 rings (SSSR count). The van der Waals surface area contributed by atoms with E-state index in [4.69, 9.17) is 9.84 Å². The van der Waals surface area contributed by atoms with Crippen molar-refractivity contribution in [1.82, 2.24) is 5.32 Å². The van der Waals surface area contributed by atoms with Gasteiger partial charge in [-0.2, -0.15) is 0 Å². The molecule has 2 atom stereocenters. The van der Waals surface area contributed by atoms with Crippen LogP contribution in [0.3, 0.4) is 0 Å². The molecule has 0 amide bonds. The molecule has 0 fully saturated rings. The topological polar surface area (TPSA) is 78.8 Å². The monoisotopic (exact) mass is 457 g/mol. The summed E-state index contributed by atoms with van der Waals surface area (Å²) in [4.78, 5) is 10.9. The van der Waals surface area contributed by atoms with Crippen LogP contribution in [0.15, 0.2) is 42.5 Å². The fraction of sp³-hybridized carbons (Fsp3) is 0.519. The highest BCUT2D eigenvalue weighted by Crippen LogP contribution is 2.32. The molecule has 6 heteroatoms. The van der Waals surface area contributed by atoms with E-state index < -0.39 is 24.0 Å². The molecule has 2 aromatic carbocycles. The fourth-order valence-electron chi connectivity index (χ4n) is 4.88. The van der Waals surface area contributed by atoms with E-state index in [-0.39, 0.29) is 25.0 Å². The molecule has 1 aliphatic rings. The van der Waals surface area contributed by atoms with Crippen molar-refractivity contribution in [2.75, 3.05) is 13.2 Å². The number of aliphatic hydroxyl groups is 1. The van der Waals surface area contributed by atoms with E-state index in [0.717, 1.165) is 19.3 Å². The number of ether oxygens (including phenoxy) is 1. The largest absolute Gasteiger partial charge is 0.481 e. The minimum absolute atomic E-state index is 0.0613. The van der Waals surface area contributed by atoms with Crippen LogP contribution in [-0.4, -0.2) is 41.0 Å². The molecule has 0 bridgehead atoms. The van der Waals surface area contributed by atoms with Crippen LogP contribution >= 0.6 is 0 Å². The van der Waals surface area contributed by atoms with Gasteiger partial charge >= 0.3 is 5.97 Å². The second-order valence-electron chi connectivity index (χ2n) is 9.85. The first kappa shape index (κ1) is 25.3. The number of carboxylic acids is 1. The number of aliphatic carboxylic acids is 1. The van der Waals surface area contributed by atoms with Crippen LogP contribution in [0.1, 0.15) is 62.0 Å². The van der Waals surface area contributed by atoms with E-state index in [1.165, 1.54) is 17.2 Å². The molecule has 3 N–H and O–H groups in total. The Labute approximate surface area is 196 Å². The van der Waals surface area contributed by atoms with Crippen molar-refractivity contribution in [3.63, 3.8) is 0 Å². The quantitative estimate of drug-likeness (QED) is 0.439. The van der Waals surface area contributed by atoms with E-state index in [1.807, 2.05) is 0 Å². The number of aryl methyl sites for hydroxylation is 1. The van der Waals surface area contributed by atoms with Crippen molar-refractivity contribution in [1.29, 1.82) is 0 Å². The van der Waals surface area contributed by atoms with Gasteiger partial charge in [-0.15, -0.1) is 0 Å². The first-order chi connectivity index (χ1) is 15.6. The number of fused-ring (bicyclic) bond motifs is 1. The standard InChI is InChI=1S/C27H36FNO4/c1-18(26-20(11-12-25(31)32)9-6-10-24(26)28)33-17-23(30)16-29-27(2,3)15-19-13-21-7-4-5-8-22(21)14-19/h4-10,18-19,23,29-30H,11-17H2,1-3H3,(H,31,32)/t18-,23+/m1/s1. The third-order valence-electron chi connectivity index (χ3n) is 6.45. The van der Waals surface area contributed by atoms with Gasteiger partial charge < -0.3 is 20.3 Å². The summed E-state index contributed by atoms with van der Waals surface area (Å²) < 4.78 is 20.2. The lowest BCUT2D eigenvalue weighted by Gasteiger charge is -2.31. The second kappa shape index (κ2) is 11.2. The molecule has 0 aliphatic heterocycles. The molecule has 5 nitrogen and oxygen atoms in total. The number of benzene rings is 2. The average Bonchev–Trinajstić information content (AvgIpc) is 3.16. The van der Waals surface area contributed by atoms with Gasteiger partial charge in [-0.25, -0.2) is 4.39 Å². The Morgan fingerprint density at radius 1 is 1.18 bits per heavy atom. The molecule has 0 saturated carbocycles. The molecule has 0 aromatic heterocycles. The van der Waals surface area contributed by atoms with Gasteiger partial charge in [-0.1, -0.05) is 36.4 Å². The Morgan fingerprint density at radius 3 is 2.48 bits per heavy atom. The van der Waals surface area contributed by atoms with E-state index in [1.54, 1.807) is 19.1 Å². The highest BCUT2D eigenvalue weighted by Gasteiger charge is 2.28. The Kier molecular flexibility index (Phi) is 8.63. The van der Waals surface area contributed by atoms with E-state index in [9.17, 15) is 14.3 Å². The predicted octanol–water partition coefficient (Wildman–Crippen LogP) is 4.45. The predicted molar refractivity (Wildman–Crippen MR) is 127 cm³/mol. The van der Waals surface area contributed by atoms with Gasteiger partial charge in [0.15, 0.2) is 0 Å². The minimum atomic E-state index is -0.927. The lowest BCUT2D eigenvalue weighted by atomic mass is 9.88. The number of rotatable bonds is 12. The van der Waals surface area contributed by atoms with Gasteiger partial charge in [0.1, 0.15) is 5.82 Å². The Bertz CT molecular complexity index is 920. The Hall–Kier alpha value is -2.28. The maximum atomic E-state index is 14.4. The molecule has 2 aromatic rings.